The topological polar surface area (TPSA) is 29.1 Å². The van der Waals surface area contributed by atoms with E-state index in [-0.39, 0.29) is 17.7 Å². The van der Waals surface area contributed by atoms with Crippen LogP contribution in [0, 0.1) is 17.6 Å². The van der Waals surface area contributed by atoms with Crippen LogP contribution in [0.25, 0.3) is 0 Å². The van der Waals surface area contributed by atoms with Gasteiger partial charge in [0.25, 0.3) is 0 Å². The number of hydrogen-bond donors (Lipinski definition) is 1. The highest BCUT2D eigenvalue weighted by atomic mass is 32.2. The lowest BCUT2D eigenvalue weighted by Gasteiger charge is -2.17. The number of carbonyl (C=O) groups is 1. The molecule has 0 aliphatic carbocycles. The van der Waals surface area contributed by atoms with E-state index < -0.39 is 11.6 Å². The van der Waals surface area contributed by atoms with E-state index in [9.17, 15) is 13.6 Å². The Bertz CT molecular complexity index is 423. The first kappa shape index (κ1) is 15.0. The summed E-state index contributed by atoms with van der Waals surface area (Å²) in [6, 6.07) is 3.72. The smallest absolute Gasteiger partial charge is 0.230 e. The fraction of sp³-hybridized carbons (Fsp3) is 0.462. The van der Waals surface area contributed by atoms with Gasteiger partial charge in [-0.25, -0.2) is 8.78 Å². The SMILES string of the molecule is CC(C)C(C)NC(=O)CSc1ccc(F)c(F)c1. The molecule has 100 valence electrons. The van der Waals surface area contributed by atoms with Crippen LogP contribution in [0.15, 0.2) is 23.1 Å². The van der Waals surface area contributed by atoms with Crippen LogP contribution >= 0.6 is 11.8 Å². The summed E-state index contributed by atoms with van der Waals surface area (Å²) >= 11 is 1.19. The van der Waals surface area contributed by atoms with Gasteiger partial charge in [-0.15, -0.1) is 11.8 Å². The number of rotatable bonds is 5. The molecule has 1 aromatic carbocycles. The number of nitrogens with one attached hydrogen (secondary N) is 1. The summed E-state index contributed by atoms with van der Waals surface area (Å²) in [6.45, 7) is 5.98. The molecule has 0 aliphatic heterocycles. The van der Waals surface area contributed by atoms with E-state index in [1.807, 2.05) is 20.8 Å². The van der Waals surface area contributed by atoms with Crippen LogP contribution in [0.4, 0.5) is 8.78 Å². The number of carbonyl (C=O) groups excluding carboxylic acids is 1. The third kappa shape index (κ3) is 4.64. The van der Waals surface area contributed by atoms with E-state index in [1.165, 1.54) is 17.8 Å². The minimum absolute atomic E-state index is 0.100. The molecule has 1 amide bonds. The molecule has 0 fully saturated rings. The van der Waals surface area contributed by atoms with Crippen LogP contribution in [0.5, 0.6) is 0 Å². The summed E-state index contributed by atoms with van der Waals surface area (Å²) in [5.74, 6) is -1.32. The van der Waals surface area contributed by atoms with Crippen molar-refractivity contribution in [2.45, 2.75) is 31.7 Å². The Labute approximate surface area is 110 Å². The minimum Gasteiger partial charge on any atom is -0.353 e. The first-order chi connectivity index (χ1) is 8.40. The molecular weight excluding hydrogens is 256 g/mol. The Morgan fingerprint density at radius 2 is 1.94 bits per heavy atom. The lowest BCUT2D eigenvalue weighted by atomic mass is 10.1. The van der Waals surface area contributed by atoms with E-state index in [0.29, 0.717) is 10.8 Å². The number of benzene rings is 1. The van der Waals surface area contributed by atoms with E-state index >= 15 is 0 Å². The van der Waals surface area contributed by atoms with Gasteiger partial charge in [-0.1, -0.05) is 13.8 Å². The van der Waals surface area contributed by atoms with Crippen molar-refractivity contribution in [3.8, 4) is 0 Å². The van der Waals surface area contributed by atoms with Gasteiger partial charge in [0.05, 0.1) is 5.75 Å². The molecule has 1 unspecified atom stereocenters. The molecule has 1 rings (SSSR count). The lowest BCUT2D eigenvalue weighted by Crippen LogP contribution is -2.37. The highest BCUT2D eigenvalue weighted by molar-refractivity contribution is 8.00. The van der Waals surface area contributed by atoms with Crippen LogP contribution in [0.1, 0.15) is 20.8 Å². The van der Waals surface area contributed by atoms with Gasteiger partial charge >= 0.3 is 0 Å². The maximum atomic E-state index is 12.9. The van der Waals surface area contributed by atoms with Gasteiger partial charge in [-0.2, -0.15) is 0 Å². The van der Waals surface area contributed by atoms with E-state index in [2.05, 4.69) is 5.32 Å². The predicted molar refractivity (Wildman–Crippen MR) is 69.5 cm³/mol. The Kier molecular flexibility index (Phi) is 5.59. The van der Waals surface area contributed by atoms with Crippen molar-refractivity contribution in [2.75, 3.05) is 5.75 Å². The second kappa shape index (κ2) is 6.73. The van der Waals surface area contributed by atoms with Crippen molar-refractivity contribution in [2.24, 2.45) is 5.92 Å². The van der Waals surface area contributed by atoms with Gasteiger partial charge in [0, 0.05) is 10.9 Å². The monoisotopic (exact) mass is 273 g/mol. The molecule has 0 radical (unpaired) electrons. The Hall–Kier alpha value is -1.10. The molecule has 0 saturated carbocycles. The van der Waals surface area contributed by atoms with Crippen molar-refractivity contribution in [1.29, 1.82) is 0 Å². The first-order valence-electron chi connectivity index (χ1n) is 5.77. The zero-order chi connectivity index (χ0) is 13.7. The molecule has 0 bridgehead atoms. The second-order valence-corrected chi connectivity index (χ2v) is 5.51. The quantitative estimate of drug-likeness (QED) is 0.835. The molecule has 0 aliphatic rings. The summed E-state index contributed by atoms with van der Waals surface area (Å²) < 4.78 is 25.6. The van der Waals surface area contributed by atoms with Crippen LogP contribution in [0.3, 0.4) is 0 Å². The van der Waals surface area contributed by atoms with E-state index in [0.717, 1.165) is 12.1 Å². The van der Waals surface area contributed by atoms with Crippen LogP contribution in [0.2, 0.25) is 0 Å². The molecule has 1 atom stereocenters. The summed E-state index contributed by atoms with van der Waals surface area (Å²) in [6.07, 6.45) is 0. The summed E-state index contributed by atoms with van der Waals surface area (Å²) in [5, 5.41) is 2.85. The molecule has 18 heavy (non-hydrogen) atoms. The molecule has 1 N–H and O–H groups in total. The Morgan fingerprint density at radius 1 is 1.28 bits per heavy atom. The molecule has 5 heteroatoms. The van der Waals surface area contributed by atoms with Gasteiger partial charge in [-0.05, 0) is 31.0 Å². The van der Waals surface area contributed by atoms with Crippen molar-refractivity contribution in [1.82, 2.24) is 5.32 Å². The highest BCUT2D eigenvalue weighted by Crippen LogP contribution is 2.20. The number of thioether (sulfide) groups is 1. The van der Waals surface area contributed by atoms with Crippen molar-refractivity contribution >= 4 is 17.7 Å². The van der Waals surface area contributed by atoms with E-state index in [1.54, 1.807) is 0 Å². The second-order valence-electron chi connectivity index (χ2n) is 4.46. The maximum Gasteiger partial charge on any atom is 0.230 e. The third-order valence-electron chi connectivity index (χ3n) is 2.65. The molecule has 1 aromatic rings. The summed E-state index contributed by atoms with van der Waals surface area (Å²) in [7, 11) is 0. The fourth-order valence-corrected chi connectivity index (χ4v) is 1.91. The van der Waals surface area contributed by atoms with Gasteiger partial charge in [0.1, 0.15) is 0 Å². The number of amides is 1. The number of hydrogen-bond acceptors (Lipinski definition) is 2. The van der Waals surface area contributed by atoms with Crippen molar-refractivity contribution < 1.29 is 13.6 Å². The minimum atomic E-state index is -0.893. The van der Waals surface area contributed by atoms with Gasteiger partial charge in [0.2, 0.25) is 5.91 Å². The largest absolute Gasteiger partial charge is 0.353 e. The molecule has 0 spiro atoms. The summed E-state index contributed by atoms with van der Waals surface area (Å²) in [4.78, 5) is 12.1. The molecule has 0 heterocycles. The number of halogens is 2. The van der Waals surface area contributed by atoms with Crippen LogP contribution in [-0.4, -0.2) is 17.7 Å². The van der Waals surface area contributed by atoms with Gasteiger partial charge in [0.15, 0.2) is 11.6 Å². The van der Waals surface area contributed by atoms with Crippen LogP contribution < -0.4 is 5.32 Å². The normalized spacial score (nSPS) is 12.6. The van der Waals surface area contributed by atoms with Gasteiger partial charge < -0.3 is 5.32 Å². The fourth-order valence-electron chi connectivity index (χ4n) is 1.18. The highest BCUT2D eigenvalue weighted by Gasteiger charge is 2.11. The molecule has 0 aromatic heterocycles. The Balaban J connectivity index is 2.45. The van der Waals surface area contributed by atoms with E-state index in [4.69, 9.17) is 0 Å². The average Bonchev–Trinajstić information content (AvgIpc) is 2.30. The van der Waals surface area contributed by atoms with Crippen LogP contribution in [-0.2, 0) is 4.79 Å². The average molecular weight is 273 g/mol. The lowest BCUT2D eigenvalue weighted by molar-refractivity contribution is -0.119. The summed E-state index contributed by atoms with van der Waals surface area (Å²) in [5.41, 5.74) is 0. The maximum absolute atomic E-state index is 12.9. The third-order valence-corrected chi connectivity index (χ3v) is 3.64. The van der Waals surface area contributed by atoms with Gasteiger partial charge in [-0.3, -0.25) is 4.79 Å². The molecular formula is C13H17F2NOS. The zero-order valence-electron chi connectivity index (χ0n) is 10.7. The van der Waals surface area contributed by atoms with Crippen molar-refractivity contribution in [3.05, 3.63) is 29.8 Å². The molecule has 0 saturated heterocycles. The van der Waals surface area contributed by atoms with Crippen molar-refractivity contribution in [3.63, 3.8) is 0 Å². The molecule has 2 nitrogen and oxygen atoms in total. The Morgan fingerprint density at radius 3 is 2.50 bits per heavy atom. The zero-order valence-corrected chi connectivity index (χ0v) is 11.5. The first-order valence-corrected chi connectivity index (χ1v) is 6.76. The standard InChI is InChI=1S/C13H17F2NOS/c1-8(2)9(3)16-13(17)7-18-10-4-5-11(14)12(15)6-10/h4-6,8-9H,7H2,1-3H3,(H,16,17). The predicted octanol–water partition coefficient (Wildman–Crippen LogP) is 3.22.